The predicted molar refractivity (Wildman–Crippen MR) is 158 cm³/mol. The molecule has 2 aromatic rings. The molecule has 224 valence electrons. The van der Waals surface area contributed by atoms with Crippen molar-refractivity contribution in [2.24, 2.45) is 13.0 Å². The molecular formula is C32H46N4O5. The molecule has 0 radical (unpaired) electrons. The normalized spacial score (nSPS) is 24.2. The summed E-state index contributed by atoms with van der Waals surface area (Å²) in [5.41, 5.74) is 2.14. The van der Waals surface area contributed by atoms with E-state index in [1.54, 1.807) is 4.68 Å². The molecule has 9 heteroatoms. The van der Waals surface area contributed by atoms with Crippen LogP contribution < -0.4 is 5.56 Å². The van der Waals surface area contributed by atoms with E-state index in [2.05, 4.69) is 4.90 Å². The molecule has 1 N–H and O–H groups in total. The van der Waals surface area contributed by atoms with Gasteiger partial charge in [0.05, 0.1) is 5.69 Å². The number of carbonyl (C=O) groups is 1. The number of likely N-dealkylation sites (tertiary alicyclic amines) is 2. The minimum absolute atomic E-state index is 0.0333. The Kier molecular flexibility index (Phi) is 9.68. The van der Waals surface area contributed by atoms with Gasteiger partial charge >= 0.3 is 0 Å². The minimum atomic E-state index is -0.685. The molecule has 3 aliphatic heterocycles. The number of nitrogens with zero attached hydrogens (tertiary/aromatic N) is 4. The van der Waals surface area contributed by atoms with Crippen LogP contribution in [0.3, 0.4) is 0 Å². The third-order valence-corrected chi connectivity index (χ3v) is 9.21. The lowest BCUT2D eigenvalue weighted by atomic mass is 9.80. The van der Waals surface area contributed by atoms with Gasteiger partial charge in [0.15, 0.2) is 5.76 Å². The van der Waals surface area contributed by atoms with Crippen molar-refractivity contribution in [2.75, 3.05) is 39.4 Å². The van der Waals surface area contributed by atoms with E-state index < -0.39 is 6.29 Å². The first-order valence-corrected chi connectivity index (χ1v) is 15.4. The summed E-state index contributed by atoms with van der Waals surface area (Å²) in [5, 5.41) is 9.67. The van der Waals surface area contributed by atoms with E-state index in [0.717, 1.165) is 37.3 Å². The second kappa shape index (κ2) is 13.4. The summed E-state index contributed by atoms with van der Waals surface area (Å²) in [4.78, 5) is 32.4. The number of hydrogen-bond acceptors (Lipinski definition) is 6. The predicted octanol–water partition coefficient (Wildman–Crippen LogP) is 3.71. The zero-order valence-electron chi connectivity index (χ0n) is 24.8. The number of benzene rings is 1. The van der Waals surface area contributed by atoms with Gasteiger partial charge in [-0.15, -0.1) is 0 Å². The average molecular weight is 567 g/mol. The van der Waals surface area contributed by atoms with E-state index in [0.29, 0.717) is 44.1 Å². The number of aliphatic hydroxyl groups is 1. The smallest absolute Gasteiger partial charge is 0.288 e. The first kappa shape index (κ1) is 29.6. The van der Waals surface area contributed by atoms with Crippen LogP contribution in [0.4, 0.5) is 0 Å². The number of rotatable bonds is 9. The lowest BCUT2D eigenvalue weighted by Gasteiger charge is -2.41. The van der Waals surface area contributed by atoms with E-state index in [9.17, 15) is 14.7 Å². The number of piperidine rings is 2. The van der Waals surface area contributed by atoms with Crippen molar-refractivity contribution >= 4 is 5.91 Å². The Hall–Kier alpha value is -2.88. The molecule has 0 bridgehead atoms. The van der Waals surface area contributed by atoms with Gasteiger partial charge in [-0.3, -0.25) is 14.3 Å². The summed E-state index contributed by atoms with van der Waals surface area (Å²) < 4.78 is 15.9. The summed E-state index contributed by atoms with van der Waals surface area (Å²) in [7, 11) is 1.89. The van der Waals surface area contributed by atoms with Crippen LogP contribution >= 0.6 is 0 Å². The molecule has 1 aromatic heterocycles. The van der Waals surface area contributed by atoms with Gasteiger partial charge in [0.25, 0.3) is 11.5 Å². The Labute approximate surface area is 243 Å². The lowest BCUT2D eigenvalue weighted by molar-refractivity contribution is -0.171. The van der Waals surface area contributed by atoms with Gasteiger partial charge in [-0.25, -0.2) is 4.68 Å². The SMILES string of the molecule is CCO[C@@H]1OC(C(=O)N2CCC(N3CCCCC3)CC2)=C[C@H](c2c(C)n(C)n(-c3ccccc3)c2=O)[C@H]1CCCO. The molecule has 0 unspecified atom stereocenters. The van der Waals surface area contributed by atoms with Crippen molar-refractivity contribution in [1.29, 1.82) is 0 Å². The van der Waals surface area contributed by atoms with Crippen LogP contribution in [0.25, 0.3) is 5.69 Å². The standard InChI is InChI=1S/C32H46N4O5/c1-4-40-32-26(14-11-21-37)27(29-23(2)33(3)36(31(29)39)25-12-7-5-8-13-25)22-28(41-32)30(38)35-19-15-24(16-20-35)34-17-9-6-10-18-34/h5,7-8,12-13,22,24,26-27,32,37H,4,6,9-11,14-21H2,1-3H3/t26-,27+,32-/m1/s1. The van der Waals surface area contributed by atoms with Crippen LogP contribution in [0.2, 0.25) is 0 Å². The summed E-state index contributed by atoms with van der Waals surface area (Å²) in [6, 6.07) is 10.1. The van der Waals surface area contributed by atoms with Crippen molar-refractivity contribution < 1.29 is 19.4 Å². The van der Waals surface area contributed by atoms with Gasteiger partial charge in [-0.05, 0) is 83.7 Å². The molecule has 0 spiro atoms. The molecule has 4 heterocycles. The van der Waals surface area contributed by atoms with Gasteiger partial charge < -0.3 is 24.4 Å². The maximum Gasteiger partial charge on any atom is 0.288 e. The van der Waals surface area contributed by atoms with Crippen molar-refractivity contribution in [1.82, 2.24) is 19.2 Å². The van der Waals surface area contributed by atoms with Gasteiger partial charge in [0.1, 0.15) is 0 Å². The van der Waals surface area contributed by atoms with Gasteiger partial charge in [-0.1, -0.05) is 24.6 Å². The summed E-state index contributed by atoms with van der Waals surface area (Å²) >= 11 is 0. The van der Waals surface area contributed by atoms with E-state index in [-0.39, 0.29) is 35.7 Å². The highest BCUT2D eigenvalue weighted by Gasteiger charge is 2.42. The highest BCUT2D eigenvalue weighted by atomic mass is 16.7. The number of hydrogen-bond donors (Lipinski definition) is 1. The van der Waals surface area contributed by atoms with Crippen LogP contribution in [0.5, 0.6) is 0 Å². The van der Waals surface area contributed by atoms with E-state index in [4.69, 9.17) is 9.47 Å². The monoisotopic (exact) mass is 566 g/mol. The van der Waals surface area contributed by atoms with Gasteiger partial charge in [0, 0.05) is 62.5 Å². The molecule has 3 atom stereocenters. The number of ether oxygens (including phenoxy) is 2. The number of aliphatic hydroxyl groups excluding tert-OH is 1. The highest BCUT2D eigenvalue weighted by molar-refractivity contribution is 5.92. The lowest BCUT2D eigenvalue weighted by Crippen LogP contribution is -2.49. The van der Waals surface area contributed by atoms with Gasteiger partial charge in [-0.2, -0.15) is 0 Å². The van der Waals surface area contributed by atoms with Crippen molar-refractivity contribution in [3.63, 3.8) is 0 Å². The third-order valence-electron chi connectivity index (χ3n) is 9.21. The molecule has 2 fully saturated rings. The highest BCUT2D eigenvalue weighted by Crippen LogP contribution is 2.40. The molecular weight excluding hydrogens is 520 g/mol. The molecule has 41 heavy (non-hydrogen) atoms. The van der Waals surface area contributed by atoms with E-state index >= 15 is 0 Å². The Morgan fingerprint density at radius 1 is 1.07 bits per heavy atom. The van der Waals surface area contributed by atoms with Crippen LogP contribution in [-0.4, -0.2) is 81.9 Å². The Balaban J connectivity index is 1.46. The number of carbonyl (C=O) groups excluding carboxylic acids is 1. The zero-order valence-corrected chi connectivity index (χ0v) is 24.8. The second-order valence-corrected chi connectivity index (χ2v) is 11.6. The summed E-state index contributed by atoms with van der Waals surface area (Å²) in [5.74, 6) is -0.477. The molecule has 5 rings (SSSR count). The van der Waals surface area contributed by atoms with E-state index in [1.165, 1.54) is 19.3 Å². The van der Waals surface area contributed by atoms with Crippen LogP contribution in [0, 0.1) is 12.8 Å². The number of allylic oxidation sites excluding steroid dienone is 1. The fourth-order valence-electron chi connectivity index (χ4n) is 6.94. The molecule has 0 saturated carbocycles. The zero-order chi connectivity index (χ0) is 28.9. The van der Waals surface area contributed by atoms with Crippen LogP contribution in [-0.2, 0) is 21.3 Å². The molecule has 1 aromatic carbocycles. The molecule has 0 aliphatic carbocycles. The molecule has 2 saturated heterocycles. The molecule has 9 nitrogen and oxygen atoms in total. The molecule has 1 amide bonds. The first-order valence-electron chi connectivity index (χ1n) is 15.4. The van der Waals surface area contributed by atoms with Crippen molar-refractivity contribution in [3.05, 3.63) is 63.8 Å². The summed E-state index contributed by atoms with van der Waals surface area (Å²) in [6.07, 6.45) is 8.11. The van der Waals surface area contributed by atoms with Crippen LogP contribution in [0.1, 0.15) is 69.0 Å². The fourth-order valence-corrected chi connectivity index (χ4v) is 6.94. The third kappa shape index (κ3) is 6.17. The number of amides is 1. The van der Waals surface area contributed by atoms with Crippen molar-refractivity contribution in [2.45, 2.75) is 77.0 Å². The maximum atomic E-state index is 14.0. The number of para-hydroxylation sites is 1. The second-order valence-electron chi connectivity index (χ2n) is 11.6. The minimum Gasteiger partial charge on any atom is -0.459 e. The largest absolute Gasteiger partial charge is 0.459 e. The van der Waals surface area contributed by atoms with E-state index in [1.807, 2.05) is 66.9 Å². The summed E-state index contributed by atoms with van der Waals surface area (Å²) in [6.45, 7) is 8.03. The quantitative estimate of drug-likeness (QED) is 0.498. The first-order chi connectivity index (χ1) is 19.9. The fraction of sp³-hybridized carbons (Fsp3) is 0.625. The Morgan fingerprint density at radius 3 is 2.44 bits per heavy atom. The van der Waals surface area contributed by atoms with Crippen molar-refractivity contribution in [3.8, 4) is 5.69 Å². The maximum absolute atomic E-state index is 14.0. The van der Waals surface area contributed by atoms with Gasteiger partial charge in [0.2, 0.25) is 6.29 Å². The molecule has 3 aliphatic rings. The number of aromatic nitrogens is 2. The topological polar surface area (TPSA) is 89.2 Å². The van der Waals surface area contributed by atoms with Crippen LogP contribution in [0.15, 0.2) is 47.0 Å². The Morgan fingerprint density at radius 2 is 1.78 bits per heavy atom. The average Bonchev–Trinajstić information content (AvgIpc) is 3.23. The Bertz CT molecular complexity index is 1250.